The number of rotatable bonds is 4. The van der Waals surface area contributed by atoms with Gasteiger partial charge in [0.25, 0.3) is 5.91 Å². The lowest BCUT2D eigenvalue weighted by Gasteiger charge is -2.19. The first-order valence-electron chi connectivity index (χ1n) is 8.50. The van der Waals surface area contributed by atoms with Crippen LogP contribution in [0.25, 0.3) is 5.78 Å². The van der Waals surface area contributed by atoms with Crippen molar-refractivity contribution in [3.8, 4) is 0 Å². The summed E-state index contributed by atoms with van der Waals surface area (Å²) in [4.78, 5) is 39.6. The lowest BCUT2D eigenvalue weighted by molar-refractivity contribution is 0.0929. The van der Waals surface area contributed by atoms with Crippen molar-refractivity contribution < 1.29 is 4.79 Å². The molecule has 3 heterocycles. The van der Waals surface area contributed by atoms with E-state index in [1.807, 2.05) is 46.2 Å². The minimum atomic E-state index is -0.535. The molecule has 1 atom stereocenters. The molecule has 0 aliphatic carbocycles. The van der Waals surface area contributed by atoms with Crippen molar-refractivity contribution in [3.63, 3.8) is 0 Å². The zero-order valence-electron chi connectivity index (χ0n) is 15.3. The van der Waals surface area contributed by atoms with Gasteiger partial charge in [0.2, 0.25) is 5.78 Å². The van der Waals surface area contributed by atoms with Crippen LogP contribution in [0.4, 0.5) is 0 Å². The van der Waals surface area contributed by atoms with E-state index in [2.05, 4.69) is 25.3 Å². The molecule has 2 N–H and O–H groups in total. The third-order valence-electron chi connectivity index (χ3n) is 4.11. The Kier molecular flexibility index (Phi) is 4.58. The number of H-pyrrole nitrogens is 1. The van der Waals surface area contributed by atoms with E-state index in [9.17, 15) is 9.59 Å². The van der Waals surface area contributed by atoms with E-state index in [-0.39, 0.29) is 17.2 Å². The molecule has 3 aromatic heterocycles. The Hall–Kier alpha value is -3.03. The number of imidazole rings is 1. The van der Waals surface area contributed by atoms with E-state index in [0.29, 0.717) is 23.6 Å². The van der Waals surface area contributed by atoms with Crippen LogP contribution < -0.4 is 11.0 Å². The predicted octanol–water partition coefficient (Wildman–Crippen LogP) is 1.99. The highest BCUT2D eigenvalue weighted by Gasteiger charge is 2.21. The molecule has 0 bridgehead atoms. The first-order valence-corrected chi connectivity index (χ1v) is 8.50. The summed E-state index contributed by atoms with van der Waals surface area (Å²) in [5, 5.41) is 2.91. The van der Waals surface area contributed by atoms with Gasteiger partial charge in [0.15, 0.2) is 0 Å². The quantitative estimate of drug-likeness (QED) is 0.745. The molecule has 0 radical (unpaired) electrons. The van der Waals surface area contributed by atoms with Crippen molar-refractivity contribution in [2.24, 2.45) is 0 Å². The summed E-state index contributed by atoms with van der Waals surface area (Å²) in [7, 11) is 0. The Morgan fingerprint density at radius 3 is 2.77 bits per heavy atom. The van der Waals surface area contributed by atoms with Gasteiger partial charge < -0.3 is 10.3 Å². The van der Waals surface area contributed by atoms with E-state index >= 15 is 0 Å². The van der Waals surface area contributed by atoms with Crippen LogP contribution in [0.15, 0.2) is 35.5 Å². The van der Waals surface area contributed by atoms with Gasteiger partial charge in [-0.3, -0.25) is 9.20 Å². The maximum atomic E-state index is 12.7. The van der Waals surface area contributed by atoms with E-state index in [1.165, 1.54) is 0 Å². The second-order valence-electron chi connectivity index (χ2n) is 7.16. The van der Waals surface area contributed by atoms with Crippen molar-refractivity contribution in [3.05, 3.63) is 58.3 Å². The van der Waals surface area contributed by atoms with Crippen LogP contribution >= 0.6 is 0 Å². The third-order valence-corrected chi connectivity index (χ3v) is 4.11. The molecule has 26 heavy (non-hydrogen) atoms. The summed E-state index contributed by atoms with van der Waals surface area (Å²) in [6, 6.07) is 3.13. The molecule has 0 spiro atoms. The molecule has 1 unspecified atom stereocenters. The van der Waals surface area contributed by atoms with Crippen LogP contribution in [-0.2, 0) is 5.41 Å². The van der Waals surface area contributed by atoms with Gasteiger partial charge >= 0.3 is 5.69 Å². The monoisotopic (exact) mass is 354 g/mol. The molecule has 0 saturated carbocycles. The molecule has 1 amide bonds. The van der Waals surface area contributed by atoms with E-state index in [4.69, 9.17) is 0 Å². The molecule has 3 aromatic rings. The van der Waals surface area contributed by atoms with Crippen LogP contribution in [0.2, 0.25) is 0 Å². The number of nitrogens with zero attached hydrogens (tertiary/aromatic N) is 4. The summed E-state index contributed by atoms with van der Waals surface area (Å²) < 4.78 is 1.80. The number of aromatic amines is 1. The highest BCUT2D eigenvalue weighted by molar-refractivity contribution is 5.92. The largest absolute Gasteiger partial charge is 0.345 e. The number of nitrogens with one attached hydrogen (secondary N) is 2. The standard InChI is InChI=1S/C18H22N6O2/c1-5-11(13-10-24-8-6-7-19-16(24)21-13)20-15(25)12-9-14(18(2,3)4)23-17(26)22-12/h6-11H,5H2,1-4H3,(H,20,25)(H,22,23,26). The summed E-state index contributed by atoms with van der Waals surface area (Å²) in [5.41, 5.74) is 0.633. The van der Waals surface area contributed by atoms with E-state index in [0.717, 1.165) is 0 Å². The minimum absolute atomic E-state index is 0.0963. The van der Waals surface area contributed by atoms with Gasteiger partial charge in [-0.25, -0.2) is 14.8 Å². The molecule has 0 saturated heterocycles. The highest BCUT2D eigenvalue weighted by Crippen LogP contribution is 2.20. The average Bonchev–Trinajstić information content (AvgIpc) is 3.02. The zero-order chi connectivity index (χ0) is 18.9. The van der Waals surface area contributed by atoms with Crippen molar-refractivity contribution in [2.75, 3.05) is 0 Å². The Morgan fingerprint density at radius 2 is 2.12 bits per heavy atom. The van der Waals surface area contributed by atoms with Gasteiger partial charge in [-0.05, 0) is 18.6 Å². The average molecular weight is 354 g/mol. The van der Waals surface area contributed by atoms with Crippen molar-refractivity contribution in [2.45, 2.75) is 45.6 Å². The number of hydrogen-bond donors (Lipinski definition) is 2. The van der Waals surface area contributed by atoms with Crippen molar-refractivity contribution in [1.82, 2.24) is 29.7 Å². The molecule has 0 aromatic carbocycles. The Balaban J connectivity index is 1.88. The van der Waals surface area contributed by atoms with Gasteiger partial charge in [-0.2, -0.15) is 4.98 Å². The Bertz CT molecular complexity index is 966. The van der Waals surface area contributed by atoms with Gasteiger partial charge in [-0.15, -0.1) is 0 Å². The third kappa shape index (κ3) is 3.63. The normalized spacial score (nSPS) is 12.9. The molecule has 0 fully saturated rings. The molecule has 8 nitrogen and oxygen atoms in total. The van der Waals surface area contributed by atoms with Crippen LogP contribution in [0.3, 0.4) is 0 Å². The Labute approximate surface area is 150 Å². The SMILES string of the molecule is CCC(NC(=O)c1cc(C(C)(C)C)[nH]c(=O)n1)c1cn2cccnc2n1. The summed E-state index contributed by atoms with van der Waals surface area (Å²) in [6.45, 7) is 7.82. The second-order valence-corrected chi connectivity index (χ2v) is 7.16. The van der Waals surface area contributed by atoms with Gasteiger partial charge in [0.1, 0.15) is 5.69 Å². The maximum Gasteiger partial charge on any atom is 0.345 e. The van der Waals surface area contributed by atoms with Crippen molar-refractivity contribution in [1.29, 1.82) is 0 Å². The molecular formula is C18H22N6O2. The lowest BCUT2D eigenvalue weighted by Crippen LogP contribution is -2.32. The lowest BCUT2D eigenvalue weighted by atomic mass is 9.91. The van der Waals surface area contributed by atoms with Crippen LogP contribution in [0.1, 0.15) is 62.0 Å². The molecule has 8 heteroatoms. The number of carbonyl (C=O) groups excluding carboxylic acids is 1. The fourth-order valence-corrected chi connectivity index (χ4v) is 2.61. The number of fused-ring (bicyclic) bond motifs is 1. The fourth-order valence-electron chi connectivity index (χ4n) is 2.61. The summed E-state index contributed by atoms with van der Waals surface area (Å²) in [5.74, 6) is 0.165. The smallest absolute Gasteiger partial charge is 0.342 e. The number of hydrogen-bond acceptors (Lipinski definition) is 5. The number of amides is 1. The first kappa shape index (κ1) is 17.8. The van der Waals surface area contributed by atoms with Crippen LogP contribution in [0.5, 0.6) is 0 Å². The van der Waals surface area contributed by atoms with Crippen LogP contribution in [0, 0.1) is 0 Å². The van der Waals surface area contributed by atoms with E-state index < -0.39 is 11.6 Å². The molecule has 0 aliphatic rings. The second kappa shape index (κ2) is 6.70. The zero-order valence-corrected chi connectivity index (χ0v) is 15.3. The number of carbonyl (C=O) groups is 1. The Morgan fingerprint density at radius 1 is 1.35 bits per heavy atom. The topological polar surface area (TPSA) is 105 Å². The summed E-state index contributed by atoms with van der Waals surface area (Å²) in [6.07, 6.45) is 5.99. The fraction of sp³-hybridized carbons (Fsp3) is 0.389. The number of aromatic nitrogens is 5. The highest BCUT2D eigenvalue weighted by atomic mass is 16.2. The molecule has 3 rings (SSSR count). The minimum Gasteiger partial charge on any atom is -0.342 e. The van der Waals surface area contributed by atoms with Gasteiger partial charge in [-0.1, -0.05) is 27.7 Å². The van der Waals surface area contributed by atoms with Crippen LogP contribution in [-0.4, -0.2) is 30.2 Å². The van der Waals surface area contributed by atoms with Gasteiger partial charge in [0, 0.05) is 29.7 Å². The molecular weight excluding hydrogens is 332 g/mol. The first-order chi connectivity index (χ1) is 12.3. The molecule has 136 valence electrons. The molecule has 0 aliphatic heterocycles. The van der Waals surface area contributed by atoms with Crippen molar-refractivity contribution >= 4 is 11.7 Å². The van der Waals surface area contributed by atoms with E-state index in [1.54, 1.807) is 16.7 Å². The summed E-state index contributed by atoms with van der Waals surface area (Å²) >= 11 is 0. The predicted molar refractivity (Wildman–Crippen MR) is 97.0 cm³/mol. The van der Waals surface area contributed by atoms with Gasteiger partial charge in [0.05, 0.1) is 11.7 Å². The maximum absolute atomic E-state index is 12.7.